The molecule has 0 bridgehead atoms. The van der Waals surface area contributed by atoms with Gasteiger partial charge in [0.05, 0.1) is 0 Å². The largest absolute Gasteiger partial charge is 0.330 e. The molecule has 4 rings (SSSR count). The number of hydrogen-bond donors (Lipinski definition) is 1. The van der Waals surface area contributed by atoms with Crippen LogP contribution in [0.25, 0.3) is 0 Å². The second kappa shape index (κ2) is 12.8. The third-order valence-electron chi connectivity index (χ3n) is 15.3. The fourth-order valence-corrected chi connectivity index (χ4v) is 11.7. The van der Waals surface area contributed by atoms with Crippen LogP contribution in [-0.2, 0) is 0 Å². The Morgan fingerprint density at radius 3 is 2.17 bits per heavy atom. The number of rotatable bonds is 11. The Morgan fingerprint density at radius 2 is 1.54 bits per heavy atom. The average Bonchev–Trinajstić information content (AvgIpc) is 3.27. The van der Waals surface area contributed by atoms with Gasteiger partial charge in [0.2, 0.25) is 0 Å². The molecular weight excluding hydrogens is 494 g/mol. The molecule has 1 nitrogen and oxygen atoms in total. The van der Waals surface area contributed by atoms with Gasteiger partial charge < -0.3 is 5.73 Å². The summed E-state index contributed by atoms with van der Waals surface area (Å²) < 4.78 is 0. The summed E-state index contributed by atoms with van der Waals surface area (Å²) in [6.45, 7) is 30.4. The maximum absolute atomic E-state index is 5.94. The molecule has 0 aromatic heterocycles. The van der Waals surface area contributed by atoms with Crippen LogP contribution in [0.4, 0.5) is 0 Å². The summed E-state index contributed by atoms with van der Waals surface area (Å²) in [5.41, 5.74) is 12.0. The first-order chi connectivity index (χ1) is 19.2. The van der Waals surface area contributed by atoms with Crippen LogP contribution in [0.3, 0.4) is 0 Å². The van der Waals surface area contributed by atoms with Gasteiger partial charge in [0.1, 0.15) is 0 Å². The minimum absolute atomic E-state index is 0.500. The summed E-state index contributed by atoms with van der Waals surface area (Å²) in [6, 6.07) is 0. The molecule has 0 aliphatic heterocycles. The van der Waals surface area contributed by atoms with Crippen LogP contribution >= 0.6 is 0 Å². The molecule has 41 heavy (non-hydrogen) atoms. The molecule has 11 atom stereocenters. The highest BCUT2D eigenvalue weighted by Crippen LogP contribution is 2.72. The van der Waals surface area contributed by atoms with E-state index in [9.17, 15) is 0 Å². The number of allylic oxidation sites excluding steroid dienone is 3. The van der Waals surface area contributed by atoms with E-state index in [2.05, 4.69) is 75.8 Å². The molecule has 4 fully saturated rings. The van der Waals surface area contributed by atoms with E-state index in [1.165, 1.54) is 82.6 Å². The molecule has 2 N–H and O–H groups in total. The Balaban J connectivity index is 1.46. The predicted octanol–water partition coefficient (Wildman–Crippen LogP) is 11.6. The molecule has 1 heteroatoms. The van der Waals surface area contributed by atoms with Gasteiger partial charge in [-0.15, -0.1) is 0 Å². The first-order valence-corrected chi connectivity index (χ1v) is 18.2. The highest BCUT2D eigenvalue weighted by Gasteiger charge is 2.63. The average molecular weight is 566 g/mol. The predicted molar refractivity (Wildman–Crippen MR) is 181 cm³/mol. The highest BCUT2D eigenvalue weighted by atomic mass is 14.7. The van der Waals surface area contributed by atoms with Crippen molar-refractivity contribution in [3.63, 3.8) is 0 Å². The van der Waals surface area contributed by atoms with Gasteiger partial charge in [0.15, 0.2) is 0 Å². The van der Waals surface area contributed by atoms with Gasteiger partial charge >= 0.3 is 0 Å². The third-order valence-corrected chi connectivity index (χ3v) is 15.3. The summed E-state index contributed by atoms with van der Waals surface area (Å²) >= 11 is 0. The molecule has 4 saturated carbocycles. The normalized spacial score (nSPS) is 41.6. The Bertz CT molecular complexity index is 942. The van der Waals surface area contributed by atoms with Crippen LogP contribution in [-0.4, -0.2) is 6.54 Å². The third kappa shape index (κ3) is 6.20. The lowest BCUT2D eigenvalue weighted by Gasteiger charge is -2.65. The van der Waals surface area contributed by atoms with Crippen LogP contribution in [0.1, 0.15) is 153 Å². The highest BCUT2D eigenvalue weighted by molar-refractivity contribution is 5.33. The van der Waals surface area contributed by atoms with Crippen molar-refractivity contribution in [1.82, 2.24) is 0 Å². The maximum atomic E-state index is 5.94. The molecule has 0 amide bonds. The van der Waals surface area contributed by atoms with E-state index in [0.717, 1.165) is 60.3 Å². The Hall–Kier alpha value is -0.560. The Morgan fingerprint density at radius 1 is 0.829 bits per heavy atom. The fraction of sp³-hybridized carbons (Fsp3) is 0.900. The minimum atomic E-state index is 0.500. The van der Waals surface area contributed by atoms with E-state index in [4.69, 9.17) is 5.73 Å². The molecule has 0 spiro atoms. The topological polar surface area (TPSA) is 26.0 Å². The summed E-state index contributed by atoms with van der Waals surface area (Å²) in [4.78, 5) is 0. The minimum Gasteiger partial charge on any atom is -0.330 e. The van der Waals surface area contributed by atoms with Crippen LogP contribution < -0.4 is 5.73 Å². The molecule has 0 saturated heterocycles. The number of fused-ring (bicyclic) bond motifs is 5. The van der Waals surface area contributed by atoms with E-state index in [1.807, 2.05) is 0 Å². The summed E-state index contributed by atoms with van der Waals surface area (Å²) in [7, 11) is 0. The molecule has 4 aliphatic rings. The number of nitrogens with two attached hydrogens (primary N) is 1. The van der Waals surface area contributed by atoms with Gasteiger partial charge in [-0.3, -0.25) is 0 Å². The van der Waals surface area contributed by atoms with Crippen molar-refractivity contribution in [2.24, 2.45) is 75.2 Å². The van der Waals surface area contributed by atoms with Crippen LogP contribution in [0.5, 0.6) is 0 Å². The first-order valence-electron chi connectivity index (χ1n) is 18.2. The lowest BCUT2D eigenvalue weighted by atomic mass is 9.39. The molecule has 4 aliphatic carbocycles. The van der Waals surface area contributed by atoms with Gasteiger partial charge in [0, 0.05) is 0 Å². The SMILES string of the molecule is C=C(C)/C(CC1CCC2(C)C3CCC4(C)C(CCC4[C@H](C)CCC(C)C(C)C)C3CCC2(C)C1)=C(/C)C(C)CCN. The molecule has 10 unspecified atom stereocenters. The van der Waals surface area contributed by atoms with E-state index in [1.54, 1.807) is 11.1 Å². The summed E-state index contributed by atoms with van der Waals surface area (Å²) in [5, 5.41) is 0. The van der Waals surface area contributed by atoms with Gasteiger partial charge in [-0.1, -0.05) is 86.0 Å². The van der Waals surface area contributed by atoms with Gasteiger partial charge in [-0.25, -0.2) is 0 Å². The van der Waals surface area contributed by atoms with Crippen molar-refractivity contribution in [2.75, 3.05) is 6.54 Å². The molecule has 0 aromatic carbocycles. The zero-order valence-corrected chi connectivity index (χ0v) is 29.4. The molecule has 0 aromatic rings. The zero-order chi connectivity index (χ0) is 30.3. The maximum Gasteiger partial charge on any atom is -0.00717 e. The van der Waals surface area contributed by atoms with Crippen molar-refractivity contribution in [3.05, 3.63) is 23.3 Å². The zero-order valence-electron chi connectivity index (χ0n) is 29.4. The lowest BCUT2D eigenvalue weighted by Crippen LogP contribution is -2.57. The quantitative estimate of drug-likeness (QED) is 0.248. The lowest BCUT2D eigenvalue weighted by molar-refractivity contribution is -0.163. The second-order valence-corrected chi connectivity index (χ2v) is 17.6. The number of hydrogen-bond acceptors (Lipinski definition) is 1. The molecule has 0 radical (unpaired) electrons. The first kappa shape index (κ1) is 33.3. The van der Waals surface area contributed by atoms with E-state index < -0.39 is 0 Å². The van der Waals surface area contributed by atoms with E-state index >= 15 is 0 Å². The van der Waals surface area contributed by atoms with Gasteiger partial charge in [-0.2, -0.15) is 0 Å². The molecular formula is C40H71N. The summed E-state index contributed by atoms with van der Waals surface area (Å²) in [6.07, 6.45) is 18.5. The van der Waals surface area contributed by atoms with E-state index in [-0.39, 0.29) is 0 Å². The van der Waals surface area contributed by atoms with Gasteiger partial charge in [0.25, 0.3) is 0 Å². The summed E-state index contributed by atoms with van der Waals surface area (Å²) in [5.74, 6) is 7.86. The smallest absolute Gasteiger partial charge is 0.00717 e. The Labute approximate surface area is 257 Å². The fourth-order valence-electron chi connectivity index (χ4n) is 11.7. The monoisotopic (exact) mass is 566 g/mol. The molecule has 236 valence electrons. The van der Waals surface area contributed by atoms with Gasteiger partial charge in [-0.05, 0) is 166 Å². The molecule has 0 heterocycles. The Kier molecular flexibility index (Phi) is 10.4. The van der Waals surface area contributed by atoms with Crippen LogP contribution in [0.15, 0.2) is 23.3 Å². The van der Waals surface area contributed by atoms with Crippen molar-refractivity contribution in [1.29, 1.82) is 0 Å². The van der Waals surface area contributed by atoms with Crippen molar-refractivity contribution in [2.45, 2.75) is 153 Å². The standard InChI is InChI=1S/C40H71N/c1-26(2)28(5)12-13-30(7)35-14-15-36-33-17-20-38(9)25-32(24-34(27(3)4)31(8)29(6)19-23-41)16-22-40(38,11)37(33)18-21-39(35,36)10/h26,28-30,32-33,35-37H,3,12-25,41H2,1-2,4-11H3/b34-31-/t28?,29?,30-,32?,33?,35?,36?,37?,38?,39?,40?/m1/s1. The second-order valence-electron chi connectivity index (χ2n) is 17.6. The van der Waals surface area contributed by atoms with Crippen LogP contribution in [0.2, 0.25) is 0 Å². The van der Waals surface area contributed by atoms with Crippen molar-refractivity contribution in [3.8, 4) is 0 Å². The van der Waals surface area contributed by atoms with Crippen molar-refractivity contribution < 1.29 is 0 Å². The van der Waals surface area contributed by atoms with E-state index in [0.29, 0.717) is 22.2 Å². The van der Waals surface area contributed by atoms with Crippen LogP contribution in [0, 0.1) is 69.5 Å². The van der Waals surface area contributed by atoms with Crippen molar-refractivity contribution >= 4 is 0 Å².